The van der Waals surface area contributed by atoms with E-state index < -0.39 is 0 Å². The van der Waals surface area contributed by atoms with E-state index in [0.29, 0.717) is 45.7 Å². The molecule has 1 aromatic carbocycles. The zero-order chi connectivity index (χ0) is 19.1. The second-order valence-corrected chi connectivity index (χ2v) is 7.20. The lowest BCUT2D eigenvalue weighted by Crippen LogP contribution is -2.52. The van der Waals surface area contributed by atoms with E-state index in [2.05, 4.69) is 10.2 Å². The van der Waals surface area contributed by atoms with Crippen molar-refractivity contribution in [2.24, 2.45) is 0 Å². The van der Waals surface area contributed by atoms with Crippen molar-refractivity contribution in [2.45, 2.75) is 25.7 Å². The molecule has 2 aliphatic heterocycles. The number of likely N-dealkylation sites (tertiary alicyclic amines) is 1. The van der Waals surface area contributed by atoms with Gasteiger partial charge in [-0.3, -0.25) is 19.3 Å². The van der Waals surface area contributed by atoms with E-state index >= 15 is 0 Å². The zero-order valence-electron chi connectivity index (χ0n) is 15.7. The fourth-order valence-corrected chi connectivity index (χ4v) is 3.55. The van der Waals surface area contributed by atoms with Gasteiger partial charge in [-0.15, -0.1) is 0 Å². The van der Waals surface area contributed by atoms with Gasteiger partial charge in [-0.1, -0.05) is 24.6 Å². The Morgan fingerprint density at radius 3 is 2.37 bits per heavy atom. The van der Waals surface area contributed by atoms with Crippen LogP contribution in [0.3, 0.4) is 0 Å². The average Bonchev–Trinajstić information content (AvgIpc) is 2.87. The van der Waals surface area contributed by atoms with Crippen LogP contribution in [0.15, 0.2) is 30.3 Å². The fraction of sp³-hybridized carbons (Fsp3) is 0.550. The maximum absolute atomic E-state index is 12.5. The molecule has 2 fully saturated rings. The van der Waals surface area contributed by atoms with Gasteiger partial charge >= 0.3 is 0 Å². The lowest BCUT2D eigenvalue weighted by Gasteiger charge is -2.35. The summed E-state index contributed by atoms with van der Waals surface area (Å²) in [6, 6.07) is 9.40. The topological polar surface area (TPSA) is 73.0 Å². The highest BCUT2D eigenvalue weighted by Gasteiger charge is 2.26. The number of amides is 3. The Bertz CT molecular complexity index is 656. The highest BCUT2D eigenvalue weighted by atomic mass is 16.2. The van der Waals surface area contributed by atoms with Gasteiger partial charge in [-0.2, -0.15) is 0 Å². The molecule has 2 saturated heterocycles. The number of nitrogens with one attached hydrogen (secondary N) is 1. The quantitative estimate of drug-likeness (QED) is 0.842. The van der Waals surface area contributed by atoms with Crippen molar-refractivity contribution < 1.29 is 14.4 Å². The molecular formula is C20H28N4O3. The number of carbonyl (C=O) groups is 3. The van der Waals surface area contributed by atoms with Crippen LogP contribution in [0.2, 0.25) is 0 Å². The van der Waals surface area contributed by atoms with E-state index in [-0.39, 0.29) is 24.3 Å². The van der Waals surface area contributed by atoms with Crippen molar-refractivity contribution >= 4 is 23.4 Å². The molecule has 0 atom stereocenters. The van der Waals surface area contributed by atoms with Gasteiger partial charge in [-0.05, 0) is 25.0 Å². The van der Waals surface area contributed by atoms with Gasteiger partial charge in [0.1, 0.15) is 0 Å². The van der Waals surface area contributed by atoms with Crippen molar-refractivity contribution in [3.8, 4) is 0 Å². The average molecular weight is 372 g/mol. The van der Waals surface area contributed by atoms with Crippen molar-refractivity contribution in [3.05, 3.63) is 30.3 Å². The minimum absolute atomic E-state index is 0.0126. The molecule has 0 aliphatic carbocycles. The second-order valence-electron chi connectivity index (χ2n) is 7.20. The minimum Gasteiger partial charge on any atom is -0.339 e. The van der Waals surface area contributed by atoms with Gasteiger partial charge in [0.05, 0.1) is 13.1 Å². The number of nitrogens with zero attached hydrogens (tertiary/aromatic N) is 3. The van der Waals surface area contributed by atoms with Crippen LogP contribution in [0.1, 0.15) is 25.7 Å². The van der Waals surface area contributed by atoms with Gasteiger partial charge < -0.3 is 15.1 Å². The van der Waals surface area contributed by atoms with E-state index in [4.69, 9.17) is 0 Å². The molecule has 2 aliphatic rings. The highest BCUT2D eigenvalue weighted by molar-refractivity contribution is 5.92. The molecule has 0 spiro atoms. The summed E-state index contributed by atoms with van der Waals surface area (Å²) in [6.07, 6.45) is 3.51. The number of hydrogen-bond donors (Lipinski definition) is 1. The van der Waals surface area contributed by atoms with Gasteiger partial charge in [0.15, 0.2) is 0 Å². The maximum atomic E-state index is 12.5. The Kier molecular flexibility index (Phi) is 6.81. The smallest absolute Gasteiger partial charge is 0.242 e. The number of rotatable bonds is 5. The molecule has 1 N–H and O–H groups in total. The van der Waals surface area contributed by atoms with Crippen molar-refractivity contribution in [1.82, 2.24) is 14.7 Å². The van der Waals surface area contributed by atoms with Crippen molar-refractivity contribution in [2.75, 3.05) is 51.1 Å². The predicted octanol–water partition coefficient (Wildman–Crippen LogP) is 1.17. The molecule has 27 heavy (non-hydrogen) atoms. The van der Waals surface area contributed by atoms with E-state index in [1.54, 1.807) is 4.90 Å². The number of benzene rings is 1. The molecule has 1 aromatic rings. The van der Waals surface area contributed by atoms with Crippen LogP contribution in [0.5, 0.6) is 0 Å². The summed E-state index contributed by atoms with van der Waals surface area (Å²) in [6.45, 7) is 3.72. The molecule has 7 heteroatoms. The largest absolute Gasteiger partial charge is 0.339 e. The molecule has 0 unspecified atom stereocenters. The summed E-state index contributed by atoms with van der Waals surface area (Å²) in [5.41, 5.74) is 0.790. The standard InChI is InChI=1S/C20H28N4O3/c25-18(21-17-7-3-1-4-8-17)15-22-11-13-23(14-12-22)20(27)16-24-10-6-2-5-9-19(24)26/h1,3-4,7-8H,2,5-6,9-16H2,(H,21,25). The molecule has 0 aromatic heterocycles. The van der Waals surface area contributed by atoms with Gasteiger partial charge in [0.25, 0.3) is 0 Å². The van der Waals surface area contributed by atoms with Crippen molar-refractivity contribution in [1.29, 1.82) is 0 Å². The van der Waals surface area contributed by atoms with Crippen LogP contribution in [0, 0.1) is 0 Å². The number of carbonyl (C=O) groups excluding carboxylic acids is 3. The molecule has 3 amide bonds. The molecule has 0 radical (unpaired) electrons. The van der Waals surface area contributed by atoms with Crippen molar-refractivity contribution in [3.63, 3.8) is 0 Å². The van der Waals surface area contributed by atoms with E-state index in [1.165, 1.54) is 0 Å². The van der Waals surface area contributed by atoms with Crippen LogP contribution in [0.25, 0.3) is 0 Å². The first-order chi connectivity index (χ1) is 13.1. The third-order valence-corrected chi connectivity index (χ3v) is 5.15. The monoisotopic (exact) mass is 372 g/mol. The lowest BCUT2D eigenvalue weighted by molar-refractivity contribution is -0.141. The van der Waals surface area contributed by atoms with Crippen LogP contribution in [0.4, 0.5) is 5.69 Å². The van der Waals surface area contributed by atoms with Gasteiger partial charge in [0, 0.05) is 44.8 Å². The first kappa shape index (κ1) is 19.4. The molecule has 0 bridgehead atoms. The summed E-state index contributed by atoms with van der Waals surface area (Å²) in [4.78, 5) is 42.3. The minimum atomic E-state index is -0.0452. The van der Waals surface area contributed by atoms with E-state index in [9.17, 15) is 14.4 Å². The number of para-hydroxylation sites is 1. The van der Waals surface area contributed by atoms with Gasteiger partial charge in [-0.25, -0.2) is 0 Å². The summed E-state index contributed by atoms with van der Waals surface area (Å²) in [5.74, 6) is 0.0619. The first-order valence-corrected chi connectivity index (χ1v) is 9.74. The molecule has 0 saturated carbocycles. The Labute approximate surface area is 160 Å². The van der Waals surface area contributed by atoms with Crippen LogP contribution < -0.4 is 5.32 Å². The van der Waals surface area contributed by atoms with Crippen LogP contribution in [-0.2, 0) is 14.4 Å². The molecule has 3 rings (SSSR count). The second kappa shape index (κ2) is 9.50. The Balaban J connectivity index is 1.41. The number of piperazine rings is 1. The molecule has 2 heterocycles. The third kappa shape index (κ3) is 5.79. The third-order valence-electron chi connectivity index (χ3n) is 5.15. The SMILES string of the molecule is O=C(CN1CCN(C(=O)CN2CCCCCC2=O)CC1)Nc1ccccc1. The van der Waals surface area contributed by atoms with Gasteiger partial charge in [0.2, 0.25) is 17.7 Å². The summed E-state index contributed by atoms with van der Waals surface area (Å²) in [5, 5.41) is 2.88. The first-order valence-electron chi connectivity index (χ1n) is 9.74. The molecule has 7 nitrogen and oxygen atoms in total. The Morgan fingerprint density at radius 2 is 1.63 bits per heavy atom. The Morgan fingerprint density at radius 1 is 0.889 bits per heavy atom. The Hall–Kier alpha value is -2.41. The fourth-order valence-electron chi connectivity index (χ4n) is 3.55. The molecule has 146 valence electrons. The summed E-state index contributed by atoms with van der Waals surface area (Å²) < 4.78 is 0. The zero-order valence-corrected chi connectivity index (χ0v) is 15.7. The summed E-state index contributed by atoms with van der Waals surface area (Å²) >= 11 is 0. The van der Waals surface area contributed by atoms with Crippen LogP contribution >= 0.6 is 0 Å². The number of anilines is 1. The maximum Gasteiger partial charge on any atom is 0.242 e. The molecular weight excluding hydrogens is 344 g/mol. The van der Waals surface area contributed by atoms with E-state index in [1.807, 2.05) is 35.2 Å². The van der Waals surface area contributed by atoms with Crippen LogP contribution in [-0.4, -0.2) is 78.2 Å². The normalized spacial score (nSPS) is 18.9. The lowest BCUT2D eigenvalue weighted by atomic mass is 10.2. The van der Waals surface area contributed by atoms with E-state index in [0.717, 1.165) is 24.9 Å². The summed E-state index contributed by atoms with van der Waals surface area (Å²) in [7, 11) is 0. The predicted molar refractivity (Wildman–Crippen MR) is 103 cm³/mol. The number of hydrogen-bond acceptors (Lipinski definition) is 4. The highest BCUT2D eigenvalue weighted by Crippen LogP contribution is 2.12.